The van der Waals surface area contributed by atoms with Crippen molar-refractivity contribution in [1.82, 2.24) is 5.32 Å². The van der Waals surface area contributed by atoms with Crippen molar-refractivity contribution in [3.8, 4) is 0 Å². The summed E-state index contributed by atoms with van der Waals surface area (Å²) in [7, 11) is 3.63. The fourth-order valence-electron chi connectivity index (χ4n) is 0.253. The third-order valence-electron chi connectivity index (χ3n) is 0.929. The molecule has 0 aliphatic rings. The van der Waals surface area contributed by atoms with Crippen LogP contribution in [0.15, 0.2) is 0 Å². The van der Waals surface area contributed by atoms with E-state index in [1.807, 2.05) is 7.05 Å². The molecule has 0 bridgehead atoms. The molecule has 0 saturated heterocycles. The minimum atomic E-state index is 0.542. The fraction of sp³-hybridized carbons (Fsp3) is 1.00. The van der Waals surface area contributed by atoms with Crippen LogP contribution < -0.4 is 5.32 Å². The summed E-state index contributed by atoms with van der Waals surface area (Å²) < 4.78 is 4.79. The standard InChI is InChI=1S/C5H13NOS/c1-5(6-2)4-8-7-3/h5-6H,4H2,1-3H3. The maximum Gasteiger partial charge on any atom is 0.0503 e. The van der Waals surface area contributed by atoms with Gasteiger partial charge in [0.15, 0.2) is 0 Å². The van der Waals surface area contributed by atoms with Gasteiger partial charge in [-0.25, -0.2) is 0 Å². The first-order chi connectivity index (χ1) is 3.81. The lowest BCUT2D eigenvalue weighted by molar-refractivity contribution is 0.485. The zero-order valence-corrected chi connectivity index (χ0v) is 6.42. The third kappa shape index (κ3) is 4.43. The molecule has 1 N–H and O–H groups in total. The van der Waals surface area contributed by atoms with Crippen LogP contribution in [0, 0.1) is 0 Å². The van der Waals surface area contributed by atoms with Gasteiger partial charge in [-0.2, -0.15) is 0 Å². The first-order valence-corrected chi connectivity index (χ1v) is 3.55. The van der Waals surface area contributed by atoms with Gasteiger partial charge in [-0.15, -0.1) is 0 Å². The lowest BCUT2D eigenvalue weighted by atomic mass is 10.4. The van der Waals surface area contributed by atoms with E-state index in [-0.39, 0.29) is 0 Å². The molecular formula is C5H13NOS. The average molecular weight is 135 g/mol. The molecule has 0 heterocycles. The summed E-state index contributed by atoms with van der Waals surface area (Å²) in [5.74, 6) is 1.01. The normalized spacial score (nSPS) is 13.9. The van der Waals surface area contributed by atoms with Gasteiger partial charge in [0, 0.05) is 11.8 Å². The Balaban J connectivity index is 2.86. The minimum Gasteiger partial charge on any atom is -0.319 e. The molecule has 8 heavy (non-hydrogen) atoms. The topological polar surface area (TPSA) is 21.3 Å². The second-order valence-corrected chi connectivity index (χ2v) is 2.54. The van der Waals surface area contributed by atoms with Crippen molar-refractivity contribution in [2.24, 2.45) is 0 Å². The van der Waals surface area contributed by atoms with Gasteiger partial charge in [-0.05, 0) is 26.0 Å². The number of rotatable bonds is 4. The summed E-state index contributed by atoms with van der Waals surface area (Å²) in [5.41, 5.74) is 0. The van der Waals surface area contributed by atoms with Crippen LogP contribution in [0.1, 0.15) is 6.92 Å². The van der Waals surface area contributed by atoms with E-state index in [0.29, 0.717) is 6.04 Å². The summed E-state index contributed by atoms with van der Waals surface area (Å²) >= 11 is 1.48. The summed E-state index contributed by atoms with van der Waals surface area (Å²) in [6, 6.07) is 0.542. The molecule has 0 radical (unpaired) electrons. The SMILES string of the molecule is CNC(C)CSOC. The first kappa shape index (κ1) is 8.27. The van der Waals surface area contributed by atoms with Gasteiger partial charge in [0.1, 0.15) is 0 Å². The van der Waals surface area contributed by atoms with Crippen LogP contribution in [0.2, 0.25) is 0 Å². The summed E-state index contributed by atoms with van der Waals surface area (Å²) in [5, 5.41) is 3.10. The second kappa shape index (κ2) is 5.41. The van der Waals surface area contributed by atoms with Crippen molar-refractivity contribution in [2.45, 2.75) is 13.0 Å². The van der Waals surface area contributed by atoms with Crippen molar-refractivity contribution in [2.75, 3.05) is 19.9 Å². The molecule has 0 fully saturated rings. The molecule has 3 heteroatoms. The van der Waals surface area contributed by atoms with E-state index in [1.165, 1.54) is 12.0 Å². The molecule has 2 nitrogen and oxygen atoms in total. The maximum absolute atomic E-state index is 4.79. The lowest BCUT2D eigenvalue weighted by Crippen LogP contribution is -2.23. The van der Waals surface area contributed by atoms with Crippen LogP contribution in [0.25, 0.3) is 0 Å². The van der Waals surface area contributed by atoms with Crippen molar-refractivity contribution >= 4 is 12.0 Å². The number of hydrogen-bond donors (Lipinski definition) is 1. The van der Waals surface area contributed by atoms with Crippen LogP contribution in [-0.4, -0.2) is 26.0 Å². The second-order valence-electron chi connectivity index (χ2n) is 1.64. The van der Waals surface area contributed by atoms with Crippen LogP contribution in [-0.2, 0) is 4.18 Å². The van der Waals surface area contributed by atoms with Crippen LogP contribution in [0.5, 0.6) is 0 Å². The Morgan fingerprint density at radius 3 is 2.75 bits per heavy atom. The molecule has 1 atom stereocenters. The van der Waals surface area contributed by atoms with Crippen LogP contribution >= 0.6 is 12.0 Å². The van der Waals surface area contributed by atoms with Gasteiger partial charge in [-0.1, -0.05) is 0 Å². The summed E-state index contributed by atoms with van der Waals surface area (Å²) in [6.07, 6.45) is 0. The van der Waals surface area contributed by atoms with E-state index in [0.717, 1.165) is 5.75 Å². The van der Waals surface area contributed by atoms with Crippen molar-refractivity contribution in [3.63, 3.8) is 0 Å². The Hall–Kier alpha value is 0.270. The van der Waals surface area contributed by atoms with Gasteiger partial charge < -0.3 is 9.50 Å². The molecule has 0 aliphatic carbocycles. The zero-order valence-electron chi connectivity index (χ0n) is 5.60. The molecule has 50 valence electrons. The molecule has 0 aliphatic heterocycles. The molecule has 0 spiro atoms. The largest absolute Gasteiger partial charge is 0.319 e. The van der Waals surface area contributed by atoms with Gasteiger partial charge in [0.2, 0.25) is 0 Å². The van der Waals surface area contributed by atoms with Gasteiger partial charge in [0.05, 0.1) is 7.11 Å². The van der Waals surface area contributed by atoms with E-state index in [2.05, 4.69) is 12.2 Å². The highest BCUT2D eigenvalue weighted by atomic mass is 32.2. The highest BCUT2D eigenvalue weighted by molar-refractivity contribution is 7.94. The van der Waals surface area contributed by atoms with Crippen molar-refractivity contribution < 1.29 is 4.18 Å². The molecule has 0 amide bonds. The highest BCUT2D eigenvalue weighted by Gasteiger charge is 1.94. The average Bonchev–Trinajstić information content (AvgIpc) is 1.83. The van der Waals surface area contributed by atoms with Crippen molar-refractivity contribution in [1.29, 1.82) is 0 Å². The van der Waals surface area contributed by atoms with Crippen LogP contribution in [0.3, 0.4) is 0 Å². The molecule has 0 aromatic carbocycles. The van der Waals surface area contributed by atoms with Crippen molar-refractivity contribution in [3.05, 3.63) is 0 Å². The lowest BCUT2D eigenvalue weighted by Gasteiger charge is -2.06. The maximum atomic E-state index is 4.79. The van der Waals surface area contributed by atoms with Gasteiger partial charge >= 0.3 is 0 Å². The minimum absolute atomic E-state index is 0.542. The fourth-order valence-corrected chi connectivity index (χ4v) is 0.760. The Bertz CT molecular complexity index is 51.7. The van der Waals surface area contributed by atoms with E-state index in [4.69, 9.17) is 4.18 Å². The molecule has 0 aromatic heterocycles. The Morgan fingerprint density at radius 1 is 1.75 bits per heavy atom. The van der Waals surface area contributed by atoms with Crippen LogP contribution in [0.4, 0.5) is 0 Å². The van der Waals surface area contributed by atoms with E-state index in [1.54, 1.807) is 7.11 Å². The van der Waals surface area contributed by atoms with Gasteiger partial charge in [0.25, 0.3) is 0 Å². The predicted octanol–water partition coefficient (Wildman–Crippen LogP) is 0.889. The third-order valence-corrected chi connectivity index (χ3v) is 1.80. The molecule has 0 rings (SSSR count). The predicted molar refractivity (Wildman–Crippen MR) is 38.0 cm³/mol. The molecule has 0 saturated carbocycles. The first-order valence-electron chi connectivity index (χ1n) is 2.64. The van der Waals surface area contributed by atoms with E-state index in [9.17, 15) is 0 Å². The number of nitrogens with one attached hydrogen (secondary N) is 1. The smallest absolute Gasteiger partial charge is 0.0503 e. The highest BCUT2D eigenvalue weighted by Crippen LogP contribution is 2.00. The monoisotopic (exact) mass is 135 g/mol. The molecule has 1 unspecified atom stereocenters. The molecular weight excluding hydrogens is 122 g/mol. The van der Waals surface area contributed by atoms with Gasteiger partial charge in [-0.3, -0.25) is 0 Å². The van der Waals surface area contributed by atoms with E-state index < -0.39 is 0 Å². The Morgan fingerprint density at radius 2 is 2.38 bits per heavy atom. The summed E-state index contributed by atoms with van der Waals surface area (Å²) in [6.45, 7) is 2.12. The van der Waals surface area contributed by atoms with E-state index >= 15 is 0 Å². The summed E-state index contributed by atoms with van der Waals surface area (Å²) in [4.78, 5) is 0. The Kier molecular flexibility index (Phi) is 5.59. The quantitative estimate of drug-likeness (QED) is 0.578. The molecule has 0 aromatic rings. The zero-order chi connectivity index (χ0) is 6.41. The Labute approximate surface area is 55.2 Å². The number of hydrogen-bond acceptors (Lipinski definition) is 3.